The topological polar surface area (TPSA) is 103 Å². The lowest BCUT2D eigenvalue weighted by Crippen LogP contribution is -2.82. The first-order valence-electron chi connectivity index (χ1n) is 11.1. The predicted octanol–water partition coefficient (Wildman–Crippen LogP) is 2.71. The smallest absolute Gasteiger partial charge is 0.356 e. The van der Waals surface area contributed by atoms with Gasteiger partial charge in [-0.05, 0) is 11.1 Å². The zero-order valence-corrected chi connectivity index (χ0v) is 20.3. The van der Waals surface area contributed by atoms with Gasteiger partial charge in [0.1, 0.15) is 12.3 Å². The van der Waals surface area contributed by atoms with Gasteiger partial charge in [-0.1, -0.05) is 60.7 Å². The van der Waals surface area contributed by atoms with E-state index in [1.165, 1.54) is 0 Å². The second-order valence-corrected chi connectivity index (χ2v) is 8.36. The summed E-state index contributed by atoms with van der Waals surface area (Å²) in [5, 5.41) is 2.23. The van der Waals surface area contributed by atoms with Crippen molar-refractivity contribution in [1.82, 2.24) is 10.2 Å². The fourth-order valence-electron chi connectivity index (χ4n) is 4.16. The van der Waals surface area contributed by atoms with Crippen molar-refractivity contribution in [3.63, 3.8) is 0 Å². The van der Waals surface area contributed by atoms with E-state index in [0.717, 1.165) is 12.0 Å². The molecule has 0 aromatic heterocycles. The van der Waals surface area contributed by atoms with Crippen molar-refractivity contribution in [2.75, 3.05) is 26.2 Å². The van der Waals surface area contributed by atoms with E-state index in [4.69, 9.17) is 25.8 Å². The van der Waals surface area contributed by atoms with Gasteiger partial charge < -0.3 is 24.3 Å². The normalized spacial score (nSPS) is 21.1. The van der Waals surface area contributed by atoms with E-state index in [-0.39, 0.29) is 23.8 Å². The molecule has 2 aliphatic rings. The minimum atomic E-state index is -3.18. The van der Waals surface area contributed by atoms with Crippen LogP contribution in [0.2, 0.25) is 0 Å². The highest BCUT2D eigenvalue weighted by molar-refractivity contribution is 6.20. The maximum atomic E-state index is 13.5. The summed E-state index contributed by atoms with van der Waals surface area (Å²) in [5.41, 5.74) is -0.506. The van der Waals surface area contributed by atoms with Gasteiger partial charge in [-0.3, -0.25) is 14.5 Å². The molecule has 2 heterocycles. The molecule has 0 spiro atoms. The number of alkyl halides is 3. The molecular formula is C25H23ClF2N2O7. The monoisotopic (exact) mass is 536 g/mol. The van der Waals surface area contributed by atoms with Gasteiger partial charge >= 0.3 is 12.6 Å². The van der Waals surface area contributed by atoms with Gasteiger partial charge in [0, 0.05) is 18.6 Å². The quantitative estimate of drug-likeness (QED) is 0.215. The molecule has 0 radical (unpaired) electrons. The van der Waals surface area contributed by atoms with Gasteiger partial charge in [0.2, 0.25) is 5.91 Å². The number of esters is 1. The van der Waals surface area contributed by atoms with Crippen molar-refractivity contribution in [1.29, 1.82) is 0 Å². The highest BCUT2D eigenvalue weighted by Crippen LogP contribution is 2.41. The third kappa shape index (κ3) is 5.21. The molecule has 2 amide bonds. The Labute approximate surface area is 215 Å². The summed E-state index contributed by atoms with van der Waals surface area (Å²) in [6.45, 7) is -4.37. The van der Waals surface area contributed by atoms with E-state index in [2.05, 4.69) is 10.1 Å². The molecule has 2 aromatic rings. The molecular weight excluding hydrogens is 514 g/mol. The maximum absolute atomic E-state index is 13.5. The molecule has 0 bridgehead atoms. The number of β-lactam (4-membered cyclic amide) rings is 1. The number of ether oxygens (including phenoxy) is 4. The van der Waals surface area contributed by atoms with Gasteiger partial charge in [0.25, 0.3) is 11.6 Å². The number of amides is 2. The fraction of sp³-hybridized carbons (Fsp3) is 0.320. The van der Waals surface area contributed by atoms with Gasteiger partial charge in [-0.25, -0.2) is 4.79 Å². The molecule has 4 rings (SSSR count). The van der Waals surface area contributed by atoms with E-state index in [9.17, 15) is 23.2 Å². The molecule has 9 nitrogen and oxygen atoms in total. The van der Waals surface area contributed by atoms with Crippen molar-refractivity contribution < 1.29 is 42.1 Å². The molecule has 2 aliphatic heterocycles. The van der Waals surface area contributed by atoms with Crippen molar-refractivity contribution >= 4 is 29.4 Å². The Bertz CT molecular complexity index is 1140. The third-order valence-electron chi connectivity index (χ3n) is 5.88. The van der Waals surface area contributed by atoms with E-state index >= 15 is 0 Å². The van der Waals surface area contributed by atoms with Crippen molar-refractivity contribution in [3.8, 4) is 0 Å². The van der Waals surface area contributed by atoms with E-state index in [0.29, 0.717) is 11.1 Å². The summed E-state index contributed by atoms with van der Waals surface area (Å²) in [4.78, 5) is 39.9. The SMILES string of the molecule is CO[C@@]1(NC(=O)COC(F)F)C(=O)N2C(C(=O)OC(c3ccccc3)c3ccccc3)=C(CCl)CO[C@@H]21. The number of hydrogen-bond donors (Lipinski definition) is 1. The molecule has 1 fully saturated rings. The van der Waals surface area contributed by atoms with Crippen LogP contribution in [0.5, 0.6) is 0 Å². The number of nitrogens with zero attached hydrogens (tertiary/aromatic N) is 1. The summed E-state index contributed by atoms with van der Waals surface area (Å²) in [7, 11) is 1.13. The second kappa shape index (κ2) is 11.3. The zero-order valence-electron chi connectivity index (χ0n) is 19.6. The Morgan fingerprint density at radius 1 is 1.14 bits per heavy atom. The van der Waals surface area contributed by atoms with E-state index in [1.807, 2.05) is 12.1 Å². The van der Waals surface area contributed by atoms with Crippen molar-refractivity contribution in [2.24, 2.45) is 0 Å². The maximum Gasteiger partial charge on any atom is 0.356 e. The largest absolute Gasteiger partial charge is 0.448 e. The molecule has 1 N–H and O–H groups in total. The highest BCUT2D eigenvalue weighted by Gasteiger charge is 2.67. The molecule has 12 heteroatoms. The lowest BCUT2D eigenvalue weighted by Gasteiger charge is -2.55. The van der Waals surface area contributed by atoms with Crippen LogP contribution in [0.1, 0.15) is 17.2 Å². The summed E-state index contributed by atoms with van der Waals surface area (Å²) in [6, 6.07) is 18.1. The molecule has 0 unspecified atom stereocenters. The Hall–Kier alpha value is -3.38. The van der Waals surface area contributed by atoms with Crippen LogP contribution in [-0.4, -0.2) is 67.5 Å². The summed E-state index contributed by atoms with van der Waals surface area (Å²) < 4.78 is 45.4. The minimum Gasteiger partial charge on any atom is -0.448 e. The summed E-state index contributed by atoms with van der Waals surface area (Å²) >= 11 is 6.06. The number of nitrogens with one attached hydrogen (secondary N) is 1. The van der Waals surface area contributed by atoms with Crippen LogP contribution >= 0.6 is 11.6 Å². The average Bonchev–Trinajstić information content (AvgIpc) is 2.93. The number of rotatable bonds is 10. The zero-order chi connectivity index (χ0) is 26.6. The molecule has 37 heavy (non-hydrogen) atoms. The molecule has 0 aliphatic carbocycles. The number of methoxy groups -OCH3 is 1. The van der Waals surface area contributed by atoms with Gasteiger partial charge in [-0.15, -0.1) is 11.6 Å². The Balaban J connectivity index is 1.61. The number of benzene rings is 2. The number of carbonyl (C=O) groups is 3. The van der Waals surface area contributed by atoms with Gasteiger partial charge in [-0.2, -0.15) is 8.78 Å². The molecule has 196 valence electrons. The first kappa shape index (κ1) is 26.7. The van der Waals surface area contributed by atoms with Crippen LogP contribution in [0.3, 0.4) is 0 Å². The first-order chi connectivity index (χ1) is 17.8. The van der Waals surface area contributed by atoms with Gasteiger partial charge in [0.15, 0.2) is 12.3 Å². The standard InChI is InChI=1S/C25H23ClF2N2O7/c1-34-25(29-18(31)14-36-24(27)28)22(33)30-19(17(12-26)13-35-23(25)30)21(32)37-20(15-8-4-2-5-9-15)16-10-6-3-7-11-16/h2-11,20,23-24H,12-14H2,1H3,(H,29,31)/t23-,25+/m1/s1. The van der Waals surface area contributed by atoms with Crippen LogP contribution in [0.4, 0.5) is 8.78 Å². The van der Waals surface area contributed by atoms with E-state index in [1.54, 1.807) is 48.5 Å². The van der Waals surface area contributed by atoms with Crippen molar-refractivity contribution in [3.05, 3.63) is 83.1 Å². The average molecular weight is 537 g/mol. The minimum absolute atomic E-state index is 0.140. The lowest BCUT2D eigenvalue weighted by atomic mass is 9.94. The van der Waals surface area contributed by atoms with Crippen molar-refractivity contribution in [2.45, 2.75) is 24.7 Å². The second-order valence-electron chi connectivity index (χ2n) is 8.09. The summed E-state index contributed by atoms with van der Waals surface area (Å²) in [6.07, 6.45) is -2.07. The molecule has 1 saturated heterocycles. The van der Waals surface area contributed by atoms with Crippen LogP contribution in [0.15, 0.2) is 71.9 Å². The number of hydrogen-bond acceptors (Lipinski definition) is 7. The molecule has 0 saturated carbocycles. The number of carbonyl (C=O) groups excluding carboxylic acids is 3. The van der Waals surface area contributed by atoms with Crippen LogP contribution in [0.25, 0.3) is 0 Å². The Kier molecular flexibility index (Phi) is 8.18. The van der Waals surface area contributed by atoms with Gasteiger partial charge in [0.05, 0.1) is 6.61 Å². The lowest BCUT2D eigenvalue weighted by molar-refractivity contribution is -0.259. The first-order valence-corrected chi connectivity index (χ1v) is 11.7. The number of halogens is 3. The Morgan fingerprint density at radius 3 is 2.24 bits per heavy atom. The third-order valence-corrected chi connectivity index (χ3v) is 6.20. The predicted molar refractivity (Wildman–Crippen MR) is 125 cm³/mol. The molecule has 2 aromatic carbocycles. The van der Waals surface area contributed by atoms with Crippen LogP contribution < -0.4 is 5.32 Å². The summed E-state index contributed by atoms with van der Waals surface area (Å²) in [5.74, 6) is -2.89. The number of fused-ring (bicyclic) bond motifs is 1. The van der Waals surface area contributed by atoms with Crippen LogP contribution in [-0.2, 0) is 33.3 Å². The Morgan fingerprint density at radius 2 is 1.73 bits per heavy atom. The highest BCUT2D eigenvalue weighted by atomic mass is 35.5. The van der Waals surface area contributed by atoms with Crippen LogP contribution in [0, 0.1) is 0 Å². The van der Waals surface area contributed by atoms with E-state index < -0.39 is 49.1 Å². The molecule has 2 atom stereocenters. The fourth-order valence-corrected chi connectivity index (χ4v) is 4.37.